The van der Waals surface area contributed by atoms with Crippen LogP contribution in [0.15, 0.2) is 12.2 Å². The Morgan fingerprint density at radius 2 is 1.35 bits per heavy atom. The van der Waals surface area contributed by atoms with Gasteiger partial charge in [-0.25, -0.2) is 0 Å². The number of rotatable bonds is 5. The maximum atomic E-state index is 7.18. The first-order valence-electron chi connectivity index (χ1n) is 10.4. The Kier molecular flexibility index (Phi) is 7.36. The van der Waals surface area contributed by atoms with Crippen molar-refractivity contribution in [3.05, 3.63) is 12.2 Å². The highest BCUT2D eigenvalue weighted by atomic mass is 28.5. The van der Waals surface area contributed by atoms with Crippen LogP contribution in [0.2, 0.25) is 22.2 Å². The number of ether oxygens (including phenoxy) is 1. The quantitative estimate of drug-likeness (QED) is 0.440. The summed E-state index contributed by atoms with van der Waals surface area (Å²) in [6.07, 6.45) is 5.30. The van der Waals surface area contributed by atoms with Gasteiger partial charge in [0.05, 0.1) is 18.8 Å². The summed E-state index contributed by atoms with van der Waals surface area (Å²) in [7, 11) is -4.93. The molecule has 3 atom stereocenters. The largest absolute Gasteiger partial charge is 0.414 e. The maximum Gasteiger partial charge on any atom is 0.335 e. The van der Waals surface area contributed by atoms with Crippen LogP contribution in [0.25, 0.3) is 0 Å². The molecule has 2 saturated heterocycles. The van der Waals surface area contributed by atoms with Crippen LogP contribution in [0.4, 0.5) is 0 Å². The molecule has 2 aliphatic heterocycles. The second-order valence-corrected chi connectivity index (χ2v) is 18.0. The summed E-state index contributed by atoms with van der Waals surface area (Å²) in [5.74, 6) is 0. The van der Waals surface area contributed by atoms with Crippen molar-refractivity contribution in [2.24, 2.45) is 0 Å². The molecule has 2 heterocycles. The summed E-state index contributed by atoms with van der Waals surface area (Å²) < 4.78 is 27.2. The smallest absolute Gasteiger partial charge is 0.335 e. The molecule has 26 heavy (non-hydrogen) atoms. The van der Waals surface area contributed by atoms with Gasteiger partial charge in [-0.15, -0.1) is 0 Å². The maximum absolute atomic E-state index is 7.18. The minimum atomic E-state index is -2.49. The highest BCUT2D eigenvalue weighted by Crippen LogP contribution is 2.47. The van der Waals surface area contributed by atoms with Crippen LogP contribution >= 0.6 is 0 Å². The van der Waals surface area contributed by atoms with Crippen molar-refractivity contribution < 1.29 is 17.7 Å². The second-order valence-electron chi connectivity index (χ2n) is 9.11. The second kappa shape index (κ2) is 8.58. The molecular weight excluding hydrogens is 360 g/mol. The molecule has 152 valence electrons. The van der Waals surface area contributed by atoms with Crippen molar-refractivity contribution in [3.8, 4) is 0 Å². The van der Waals surface area contributed by atoms with Gasteiger partial charge in [-0.2, -0.15) is 0 Å². The van der Waals surface area contributed by atoms with Gasteiger partial charge in [0, 0.05) is 6.42 Å². The molecule has 0 radical (unpaired) electrons. The molecular formula is C20H40O4Si2. The first-order valence-corrected chi connectivity index (χ1v) is 14.3. The third kappa shape index (κ3) is 4.05. The Morgan fingerprint density at radius 3 is 1.81 bits per heavy atom. The molecule has 0 bridgehead atoms. The minimum absolute atomic E-state index is 0.00819. The van der Waals surface area contributed by atoms with E-state index < -0.39 is 17.1 Å². The zero-order chi connectivity index (χ0) is 19.7. The Bertz CT molecular complexity index is 474. The number of hydrogen-bond acceptors (Lipinski definition) is 4. The molecule has 0 aliphatic carbocycles. The molecule has 0 aromatic heterocycles. The molecule has 0 spiro atoms. The molecule has 2 aliphatic rings. The van der Waals surface area contributed by atoms with E-state index in [4.69, 9.17) is 17.7 Å². The van der Waals surface area contributed by atoms with Crippen LogP contribution in [0.3, 0.4) is 0 Å². The molecule has 0 unspecified atom stereocenters. The Labute approximate surface area is 163 Å². The van der Waals surface area contributed by atoms with E-state index in [2.05, 4.69) is 67.5 Å². The van der Waals surface area contributed by atoms with Gasteiger partial charge in [-0.1, -0.05) is 67.5 Å². The summed E-state index contributed by atoms with van der Waals surface area (Å²) in [6, 6.07) is 0. The fraction of sp³-hybridized carbons (Fsp3) is 0.900. The average Bonchev–Trinajstić information content (AvgIpc) is 2.88. The average molecular weight is 401 g/mol. The van der Waals surface area contributed by atoms with Gasteiger partial charge in [0.1, 0.15) is 6.10 Å². The lowest BCUT2D eigenvalue weighted by molar-refractivity contribution is -0.0299. The van der Waals surface area contributed by atoms with E-state index >= 15 is 0 Å². The summed E-state index contributed by atoms with van der Waals surface area (Å²) >= 11 is 0. The number of allylic oxidation sites excluding steroid dienone is 1. The van der Waals surface area contributed by atoms with Crippen LogP contribution in [0.5, 0.6) is 0 Å². The van der Waals surface area contributed by atoms with Gasteiger partial charge in [0.15, 0.2) is 0 Å². The van der Waals surface area contributed by atoms with Crippen LogP contribution in [0.1, 0.15) is 68.7 Å². The monoisotopic (exact) mass is 400 g/mol. The van der Waals surface area contributed by atoms with Crippen molar-refractivity contribution in [3.63, 3.8) is 0 Å². The van der Waals surface area contributed by atoms with Crippen LogP contribution in [-0.4, -0.2) is 42.0 Å². The van der Waals surface area contributed by atoms with Crippen molar-refractivity contribution in [1.29, 1.82) is 0 Å². The van der Waals surface area contributed by atoms with E-state index in [0.29, 0.717) is 28.8 Å². The van der Waals surface area contributed by atoms with Crippen molar-refractivity contribution in [1.82, 2.24) is 0 Å². The topological polar surface area (TPSA) is 36.9 Å². The molecule has 2 fully saturated rings. The zero-order valence-corrected chi connectivity index (χ0v) is 20.2. The van der Waals surface area contributed by atoms with E-state index in [-0.39, 0.29) is 18.3 Å². The van der Waals surface area contributed by atoms with Crippen molar-refractivity contribution >= 4 is 17.1 Å². The third-order valence-electron chi connectivity index (χ3n) is 5.98. The SMILES string of the molecule is C/C=C/[C@@H]1C[C@@H]2O[Si](C(C)C)(C(C)C)O[Si](C(C)C)(C(C)C)OC[C@H]2O1. The van der Waals surface area contributed by atoms with Gasteiger partial charge in [-0.3, -0.25) is 0 Å². The normalized spacial score (nSPS) is 31.8. The van der Waals surface area contributed by atoms with E-state index in [9.17, 15) is 0 Å². The van der Waals surface area contributed by atoms with Gasteiger partial charge in [0.2, 0.25) is 0 Å². The van der Waals surface area contributed by atoms with Crippen molar-refractivity contribution in [2.75, 3.05) is 6.61 Å². The summed E-state index contributed by atoms with van der Waals surface area (Å²) in [5.41, 5.74) is 1.49. The number of fused-ring (bicyclic) bond motifs is 1. The van der Waals surface area contributed by atoms with Gasteiger partial charge in [0.25, 0.3) is 0 Å². The Balaban J connectivity index is 2.47. The van der Waals surface area contributed by atoms with Crippen molar-refractivity contribution in [2.45, 2.75) is 109 Å². The summed E-state index contributed by atoms with van der Waals surface area (Å²) in [4.78, 5) is 0. The molecule has 4 nitrogen and oxygen atoms in total. The summed E-state index contributed by atoms with van der Waals surface area (Å²) in [5, 5.41) is 0. The third-order valence-corrected chi connectivity index (χ3v) is 16.3. The predicted molar refractivity (Wildman–Crippen MR) is 112 cm³/mol. The molecule has 0 N–H and O–H groups in total. The highest BCUT2D eigenvalue weighted by Gasteiger charge is 2.59. The lowest BCUT2D eigenvalue weighted by atomic mass is 10.1. The minimum Gasteiger partial charge on any atom is -0.414 e. The highest BCUT2D eigenvalue weighted by molar-refractivity contribution is 6.83. The molecule has 0 aromatic carbocycles. The Hall–Kier alpha value is 0.0138. The molecule has 0 aromatic rings. The first kappa shape index (κ1) is 22.3. The zero-order valence-electron chi connectivity index (χ0n) is 18.2. The van der Waals surface area contributed by atoms with Gasteiger partial charge in [-0.05, 0) is 29.1 Å². The van der Waals surface area contributed by atoms with E-state index in [1.807, 2.05) is 6.92 Å². The number of hydrogen-bond donors (Lipinski definition) is 0. The van der Waals surface area contributed by atoms with Crippen LogP contribution in [-0.2, 0) is 17.7 Å². The van der Waals surface area contributed by atoms with Gasteiger partial charge >= 0.3 is 17.1 Å². The van der Waals surface area contributed by atoms with Crippen LogP contribution < -0.4 is 0 Å². The first-order chi connectivity index (χ1) is 12.1. The lowest BCUT2D eigenvalue weighted by Gasteiger charge is -2.51. The summed E-state index contributed by atoms with van der Waals surface area (Å²) in [6.45, 7) is 20.7. The molecule has 6 heteroatoms. The standard InChI is InChI=1S/C20H40O4Si2/c1-10-11-18-12-19-20(22-18)13-21-25(14(2)3,15(4)5)24-26(23-19,16(6)7)17(8)9/h10-11,14-20H,12-13H2,1-9H3/b11-10+/t18-,19+,20-/m1/s1. The van der Waals surface area contributed by atoms with E-state index in [0.717, 1.165) is 6.42 Å². The van der Waals surface area contributed by atoms with E-state index in [1.165, 1.54) is 0 Å². The molecule has 2 rings (SSSR count). The predicted octanol–water partition coefficient (Wildman–Crippen LogP) is 5.68. The fourth-order valence-electron chi connectivity index (χ4n) is 4.52. The van der Waals surface area contributed by atoms with Crippen LogP contribution in [0, 0.1) is 0 Å². The fourth-order valence-corrected chi connectivity index (χ4v) is 15.7. The molecule has 0 amide bonds. The van der Waals surface area contributed by atoms with E-state index in [1.54, 1.807) is 0 Å². The lowest BCUT2D eigenvalue weighted by Crippen LogP contribution is -2.65. The molecule has 0 saturated carbocycles. The Morgan fingerprint density at radius 1 is 0.808 bits per heavy atom. The van der Waals surface area contributed by atoms with Gasteiger partial charge < -0.3 is 17.7 Å².